The maximum Gasteiger partial charge on any atom is 0.416 e. The molecule has 0 heterocycles. The van der Waals surface area contributed by atoms with Crippen LogP contribution in [0.5, 0.6) is 0 Å². The van der Waals surface area contributed by atoms with Crippen molar-refractivity contribution in [2.24, 2.45) is 0 Å². The molecule has 0 aliphatic rings. The Kier molecular flexibility index (Phi) is 7.26. The molecule has 0 aromatic heterocycles. The van der Waals surface area contributed by atoms with Crippen LogP contribution in [0.1, 0.15) is 57.4 Å². The van der Waals surface area contributed by atoms with Gasteiger partial charge in [-0.15, -0.1) is 0 Å². The molecule has 5 heteroatoms. The highest BCUT2D eigenvalue weighted by Crippen LogP contribution is 2.30. The number of amides is 1. The van der Waals surface area contributed by atoms with Crippen molar-refractivity contribution in [3.8, 4) is 0 Å². The van der Waals surface area contributed by atoms with Crippen LogP contribution < -0.4 is 5.32 Å². The Labute approximate surface area is 123 Å². The van der Waals surface area contributed by atoms with E-state index in [2.05, 4.69) is 12.2 Å². The zero-order chi connectivity index (χ0) is 15.7. The summed E-state index contributed by atoms with van der Waals surface area (Å²) in [7, 11) is 0. The number of rotatable bonds is 8. The van der Waals surface area contributed by atoms with Gasteiger partial charge >= 0.3 is 6.18 Å². The smallest absolute Gasteiger partial charge is 0.326 e. The molecule has 0 fully saturated rings. The van der Waals surface area contributed by atoms with Crippen LogP contribution in [-0.4, -0.2) is 5.91 Å². The van der Waals surface area contributed by atoms with Crippen LogP contribution in [0.3, 0.4) is 0 Å². The molecule has 118 valence electrons. The third kappa shape index (κ3) is 7.16. The van der Waals surface area contributed by atoms with E-state index in [9.17, 15) is 18.0 Å². The second-order valence-corrected chi connectivity index (χ2v) is 5.14. The summed E-state index contributed by atoms with van der Waals surface area (Å²) in [6.07, 6.45) is 2.37. The van der Waals surface area contributed by atoms with Crippen molar-refractivity contribution in [2.75, 3.05) is 5.32 Å². The molecule has 0 bridgehead atoms. The van der Waals surface area contributed by atoms with Gasteiger partial charge in [-0.05, 0) is 24.6 Å². The molecule has 1 N–H and O–H groups in total. The van der Waals surface area contributed by atoms with E-state index in [-0.39, 0.29) is 11.6 Å². The van der Waals surface area contributed by atoms with Gasteiger partial charge in [0.05, 0.1) is 5.56 Å². The highest BCUT2D eigenvalue weighted by molar-refractivity contribution is 5.90. The number of carbonyl (C=O) groups is 1. The van der Waals surface area contributed by atoms with E-state index in [1.807, 2.05) is 0 Å². The maximum atomic E-state index is 12.5. The van der Waals surface area contributed by atoms with Crippen LogP contribution in [0, 0.1) is 0 Å². The molecule has 0 aliphatic heterocycles. The SMILES string of the molecule is CCCCCCCCC(=O)Nc1cccc(C(F)(F)F)c1. The van der Waals surface area contributed by atoms with Crippen LogP contribution in [0.2, 0.25) is 0 Å². The largest absolute Gasteiger partial charge is 0.416 e. The second kappa shape index (κ2) is 8.70. The van der Waals surface area contributed by atoms with Gasteiger partial charge in [0.15, 0.2) is 0 Å². The van der Waals surface area contributed by atoms with Crippen molar-refractivity contribution < 1.29 is 18.0 Å². The van der Waals surface area contributed by atoms with E-state index in [0.717, 1.165) is 31.4 Å². The molecule has 1 aromatic rings. The molecule has 0 aliphatic carbocycles. The Morgan fingerprint density at radius 3 is 2.43 bits per heavy atom. The Morgan fingerprint density at radius 2 is 1.76 bits per heavy atom. The Balaban J connectivity index is 2.35. The first kappa shape index (κ1) is 17.5. The van der Waals surface area contributed by atoms with Crippen LogP contribution in [0.25, 0.3) is 0 Å². The second-order valence-electron chi connectivity index (χ2n) is 5.14. The summed E-state index contributed by atoms with van der Waals surface area (Å²) in [6.45, 7) is 2.14. The molecule has 0 unspecified atom stereocenters. The summed E-state index contributed by atoms with van der Waals surface area (Å²) >= 11 is 0. The van der Waals surface area contributed by atoms with Crippen molar-refractivity contribution in [2.45, 2.75) is 58.0 Å². The minimum absolute atomic E-state index is 0.195. The summed E-state index contributed by atoms with van der Waals surface area (Å²) in [6, 6.07) is 4.71. The standard InChI is InChI=1S/C16H22F3NO/c1-2-3-4-5-6-7-11-15(21)20-14-10-8-9-13(12-14)16(17,18)19/h8-10,12H,2-7,11H2,1H3,(H,20,21). The molecule has 0 radical (unpaired) electrons. The van der Waals surface area contributed by atoms with Gasteiger partial charge in [0, 0.05) is 12.1 Å². The molecule has 1 amide bonds. The quantitative estimate of drug-likeness (QED) is 0.640. The summed E-state index contributed by atoms with van der Waals surface area (Å²) < 4.78 is 37.6. The summed E-state index contributed by atoms with van der Waals surface area (Å²) in [4.78, 5) is 11.7. The number of hydrogen-bond acceptors (Lipinski definition) is 1. The molecule has 2 nitrogen and oxygen atoms in total. The topological polar surface area (TPSA) is 29.1 Å². The molecular formula is C16H22F3NO. The highest BCUT2D eigenvalue weighted by Gasteiger charge is 2.30. The van der Waals surface area contributed by atoms with Crippen molar-refractivity contribution in [1.82, 2.24) is 0 Å². The first-order chi connectivity index (χ1) is 9.93. The van der Waals surface area contributed by atoms with Crippen LogP contribution in [0.4, 0.5) is 18.9 Å². The van der Waals surface area contributed by atoms with Gasteiger partial charge in [0.25, 0.3) is 0 Å². The molecule has 1 aromatic carbocycles. The first-order valence-electron chi connectivity index (χ1n) is 7.40. The molecule has 0 saturated heterocycles. The van der Waals surface area contributed by atoms with E-state index in [4.69, 9.17) is 0 Å². The molecule has 0 spiro atoms. The lowest BCUT2D eigenvalue weighted by Gasteiger charge is -2.09. The Morgan fingerprint density at radius 1 is 1.10 bits per heavy atom. The fourth-order valence-corrected chi connectivity index (χ4v) is 2.06. The third-order valence-electron chi connectivity index (χ3n) is 3.23. The number of benzene rings is 1. The summed E-state index contributed by atoms with van der Waals surface area (Å²) in [5.74, 6) is -0.232. The fraction of sp³-hybridized carbons (Fsp3) is 0.562. The van der Waals surface area contributed by atoms with Crippen molar-refractivity contribution >= 4 is 11.6 Å². The number of unbranched alkanes of at least 4 members (excludes halogenated alkanes) is 5. The molecule has 0 atom stereocenters. The Bertz CT molecular complexity index is 443. The first-order valence-corrected chi connectivity index (χ1v) is 7.40. The van der Waals surface area contributed by atoms with Crippen LogP contribution in [-0.2, 0) is 11.0 Å². The van der Waals surface area contributed by atoms with E-state index in [1.54, 1.807) is 0 Å². The Hall–Kier alpha value is -1.52. The van der Waals surface area contributed by atoms with Gasteiger partial charge < -0.3 is 5.32 Å². The van der Waals surface area contributed by atoms with Gasteiger partial charge in [-0.3, -0.25) is 4.79 Å². The van der Waals surface area contributed by atoms with Gasteiger partial charge in [-0.2, -0.15) is 13.2 Å². The average molecular weight is 301 g/mol. The molecule has 1 rings (SSSR count). The number of hydrogen-bond donors (Lipinski definition) is 1. The number of carbonyl (C=O) groups excluding carboxylic acids is 1. The van der Waals surface area contributed by atoms with E-state index in [1.165, 1.54) is 31.4 Å². The van der Waals surface area contributed by atoms with E-state index < -0.39 is 11.7 Å². The number of halogens is 3. The number of anilines is 1. The van der Waals surface area contributed by atoms with Gasteiger partial charge in [-0.1, -0.05) is 45.1 Å². The predicted molar refractivity (Wildman–Crippen MR) is 78.1 cm³/mol. The van der Waals surface area contributed by atoms with Gasteiger partial charge in [-0.25, -0.2) is 0 Å². The average Bonchev–Trinajstić information content (AvgIpc) is 2.42. The predicted octanol–water partition coefficient (Wildman–Crippen LogP) is 5.39. The molecular weight excluding hydrogens is 279 g/mol. The zero-order valence-corrected chi connectivity index (χ0v) is 12.3. The lowest BCUT2D eigenvalue weighted by atomic mass is 10.1. The van der Waals surface area contributed by atoms with E-state index in [0.29, 0.717) is 6.42 Å². The third-order valence-corrected chi connectivity index (χ3v) is 3.23. The number of nitrogens with one attached hydrogen (secondary N) is 1. The summed E-state index contributed by atoms with van der Waals surface area (Å²) in [5, 5.41) is 2.52. The highest BCUT2D eigenvalue weighted by atomic mass is 19.4. The van der Waals surface area contributed by atoms with Crippen molar-refractivity contribution in [1.29, 1.82) is 0 Å². The molecule has 21 heavy (non-hydrogen) atoms. The fourth-order valence-electron chi connectivity index (χ4n) is 2.06. The minimum atomic E-state index is -4.39. The van der Waals surface area contributed by atoms with Gasteiger partial charge in [0.2, 0.25) is 5.91 Å². The maximum absolute atomic E-state index is 12.5. The normalized spacial score (nSPS) is 11.4. The van der Waals surface area contributed by atoms with Crippen LogP contribution >= 0.6 is 0 Å². The van der Waals surface area contributed by atoms with Crippen molar-refractivity contribution in [3.05, 3.63) is 29.8 Å². The van der Waals surface area contributed by atoms with Crippen molar-refractivity contribution in [3.63, 3.8) is 0 Å². The lowest BCUT2D eigenvalue weighted by Crippen LogP contribution is -2.12. The minimum Gasteiger partial charge on any atom is -0.326 e. The lowest BCUT2D eigenvalue weighted by molar-refractivity contribution is -0.137. The molecule has 0 saturated carbocycles. The van der Waals surface area contributed by atoms with Gasteiger partial charge in [0.1, 0.15) is 0 Å². The monoisotopic (exact) mass is 301 g/mol. The zero-order valence-electron chi connectivity index (χ0n) is 12.3. The summed E-state index contributed by atoms with van der Waals surface area (Å²) in [5.41, 5.74) is -0.555. The number of alkyl halides is 3. The van der Waals surface area contributed by atoms with Crippen LogP contribution in [0.15, 0.2) is 24.3 Å². The van der Waals surface area contributed by atoms with E-state index >= 15 is 0 Å².